The van der Waals surface area contributed by atoms with Gasteiger partial charge in [-0.25, -0.2) is 0 Å². The zero-order valence-electron chi connectivity index (χ0n) is 10.5. The Bertz CT molecular complexity index is 612. The van der Waals surface area contributed by atoms with Gasteiger partial charge in [-0.15, -0.1) is 0 Å². The molecule has 0 spiro atoms. The molecule has 1 saturated heterocycles. The largest absolute Gasteiger partial charge is 0.337 e. The molecule has 0 atom stereocenters. The molecule has 1 aromatic rings. The highest BCUT2D eigenvalue weighted by atomic mass is 32.2. The predicted molar refractivity (Wildman–Crippen MR) is 85.3 cm³/mol. The third-order valence-electron chi connectivity index (χ3n) is 3.10. The molecule has 3 rings (SSSR count). The van der Waals surface area contributed by atoms with E-state index in [1.165, 1.54) is 16.7 Å². The van der Waals surface area contributed by atoms with E-state index < -0.39 is 0 Å². The number of fused-ring (bicyclic) bond motifs is 1. The molecule has 0 N–H and O–H groups in total. The van der Waals surface area contributed by atoms with E-state index in [4.69, 9.17) is 12.2 Å². The van der Waals surface area contributed by atoms with Gasteiger partial charge in [0.25, 0.3) is 5.91 Å². The molecule has 0 aliphatic carbocycles. The predicted octanol–water partition coefficient (Wildman–Crippen LogP) is 3.28. The van der Waals surface area contributed by atoms with Gasteiger partial charge in [-0.3, -0.25) is 9.69 Å². The monoisotopic (exact) mass is 308 g/mol. The van der Waals surface area contributed by atoms with Crippen LogP contribution in [-0.4, -0.2) is 28.7 Å². The average Bonchev–Trinajstić information content (AvgIpc) is 2.88. The highest BCUT2D eigenvalue weighted by Crippen LogP contribution is 2.49. The van der Waals surface area contributed by atoms with Crippen LogP contribution in [0.5, 0.6) is 0 Å². The van der Waals surface area contributed by atoms with Crippen LogP contribution in [0.15, 0.2) is 39.1 Å². The van der Waals surface area contributed by atoms with E-state index >= 15 is 0 Å². The second-order valence-corrected chi connectivity index (χ2v) is 6.86. The maximum Gasteiger partial charge on any atom is 0.268 e. The van der Waals surface area contributed by atoms with Crippen LogP contribution in [0.25, 0.3) is 0 Å². The van der Waals surface area contributed by atoms with E-state index in [2.05, 4.69) is 17.0 Å². The Balaban J connectivity index is 2.03. The summed E-state index contributed by atoms with van der Waals surface area (Å²) in [5.41, 5.74) is 1.14. The van der Waals surface area contributed by atoms with E-state index in [0.29, 0.717) is 10.9 Å². The molecule has 0 bridgehead atoms. The number of nitrogens with zero attached hydrogens (tertiary/aromatic N) is 2. The Kier molecular flexibility index (Phi) is 3.32. The molecule has 0 aromatic heterocycles. The van der Waals surface area contributed by atoms with E-state index in [1.807, 2.05) is 26.1 Å². The van der Waals surface area contributed by atoms with Crippen molar-refractivity contribution < 1.29 is 4.79 Å². The summed E-state index contributed by atoms with van der Waals surface area (Å²) < 4.78 is 0.653. The van der Waals surface area contributed by atoms with Gasteiger partial charge in [0, 0.05) is 18.5 Å². The Morgan fingerprint density at radius 3 is 2.63 bits per heavy atom. The number of carbonyl (C=O) groups is 1. The Labute approximate surface area is 126 Å². The van der Waals surface area contributed by atoms with Crippen molar-refractivity contribution >= 4 is 51.7 Å². The summed E-state index contributed by atoms with van der Waals surface area (Å²) in [6.45, 7) is 2.57. The van der Waals surface area contributed by atoms with E-state index in [-0.39, 0.29) is 5.91 Å². The first-order valence-electron chi connectivity index (χ1n) is 5.92. The Morgan fingerprint density at radius 2 is 2.00 bits per heavy atom. The van der Waals surface area contributed by atoms with Gasteiger partial charge in [-0.2, -0.15) is 0 Å². The number of thioether (sulfide) groups is 2. The molecule has 1 aromatic carbocycles. The summed E-state index contributed by atoms with van der Waals surface area (Å²) in [5.74, 6) is 0.0275. The Morgan fingerprint density at radius 1 is 1.26 bits per heavy atom. The number of para-hydroxylation sites is 1. The highest BCUT2D eigenvalue weighted by Gasteiger charge is 2.37. The number of benzene rings is 1. The van der Waals surface area contributed by atoms with Crippen molar-refractivity contribution in [2.45, 2.75) is 11.8 Å². The lowest BCUT2D eigenvalue weighted by atomic mass is 10.3. The summed E-state index contributed by atoms with van der Waals surface area (Å²) in [7, 11) is 1.99. The van der Waals surface area contributed by atoms with Crippen LogP contribution in [0, 0.1) is 0 Å². The fraction of sp³-hybridized carbons (Fsp3) is 0.231. The molecule has 0 radical (unpaired) electrons. The topological polar surface area (TPSA) is 23.6 Å². The van der Waals surface area contributed by atoms with Crippen LogP contribution >= 0.6 is 35.7 Å². The van der Waals surface area contributed by atoms with Crippen molar-refractivity contribution in [3.63, 3.8) is 0 Å². The van der Waals surface area contributed by atoms with Gasteiger partial charge in [0.15, 0.2) is 0 Å². The lowest BCUT2D eigenvalue weighted by Crippen LogP contribution is -2.28. The summed E-state index contributed by atoms with van der Waals surface area (Å²) in [4.78, 5) is 18.0. The number of hydrogen-bond acceptors (Lipinski definition) is 5. The van der Waals surface area contributed by atoms with Crippen molar-refractivity contribution in [2.24, 2.45) is 0 Å². The minimum Gasteiger partial charge on any atom is -0.337 e. The zero-order valence-corrected chi connectivity index (χ0v) is 13.0. The molecule has 2 aliphatic rings. The number of anilines is 1. The average molecular weight is 308 g/mol. The molecule has 0 saturated carbocycles. The molecule has 2 heterocycles. The van der Waals surface area contributed by atoms with Crippen molar-refractivity contribution in [2.75, 3.05) is 18.5 Å². The molecule has 98 valence electrons. The van der Waals surface area contributed by atoms with Crippen molar-refractivity contribution in [1.29, 1.82) is 0 Å². The molecule has 1 amide bonds. The fourth-order valence-electron chi connectivity index (χ4n) is 2.10. The number of thiocarbonyl (C=S) groups is 1. The molecule has 1 fully saturated rings. The van der Waals surface area contributed by atoms with Crippen molar-refractivity contribution in [3.05, 3.63) is 34.2 Å². The van der Waals surface area contributed by atoms with E-state index in [0.717, 1.165) is 15.6 Å². The molecular weight excluding hydrogens is 296 g/mol. The normalized spacial score (nSPS) is 22.4. The maximum absolute atomic E-state index is 12.4. The van der Waals surface area contributed by atoms with Crippen LogP contribution in [0.2, 0.25) is 0 Å². The summed E-state index contributed by atoms with van der Waals surface area (Å²) in [5, 5.41) is 0.981. The Hall–Kier alpha value is -0.980. The summed E-state index contributed by atoms with van der Waals surface area (Å²) in [6.07, 6.45) is 0. The number of rotatable bonds is 1. The standard InChI is InChI=1S/C13H12N2OS3/c1-3-15-11(16)10(19-13(15)17)12-14(2)8-6-4-5-7-9(8)18-12/h4-7H,3H2,1-2H3/b12-10-. The molecule has 6 heteroatoms. The van der Waals surface area contributed by atoms with Crippen LogP contribution in [-0.2, 0) is 4.79 Å². The number of likely N-dealkylation sites (N-methyl/N-ethyl adjacent to an activating group) is 1. The van der Waals surface area contributed by atoms with Crippen LogP contribution in [0.1, 0.15) is 6.92 Å². The van der Waals surface area contributed by atoms with Crippen molar-refractivity contribution in [1.82, 2.24) is 4.90 Å². The van der Waals surface area contributed by atoms with E-state index in [1.54, 1.807) is 16.7 Å². The lowest BCUT2D eigenvalue weighted by molar-refractivity contribution is -0.122. The smallest absolute Gasteiger partial charge is 0.268 e. The molecule has 2 aliphatic heterocycles. The fourth-order valence-corrected chi connectivity index (χ4v) is 4.81. The molecular formula is C13H12N2OS3. The van der Waals surface area contributed by atoms with Gasteiger partial charge in [0.05, 0.1) is 10.7 Å². The maximum atomic E-state index is 12.4. The lowest BCUT2D eigenvalue weighted by Gasteiger charge is -2.15. The number of amides is 1. The van der Waals surface area contributed by atoms with E-state index in [9.17, 15) is 4.79 Å². The first-order chi connectivity index (χ1) is 9.13. The first kappa shape index (κ1) is 13.0. The minimum atomic E-state index is 0.0275. The SMILES string of the molecule is CCN1C(=O)/C(=C2/Sc3ccccc3N2C)SC1=S. The van der Waals surface area contributed by atoms with Crippen LogP contribution in [0.4, 0.5) is 5.69 Å². The van der Waals surface area contributed by atoms with Gasteiger partial charge in [0.1, 0.15) is 9.23 Å². The molecule has 3 nitrogen and oxygen atoms in total. The third-order valence-corrected chi connectivity index (χ3v) is 5.90. The van der Waals surface area contributed by atoms with Gasteiger partial charge in [-0.05, 0) is 19.1 Å². The van der Waals surface area contributed by atoms with Gasteiger partial charge in [0.2, 0.25) is 0 Å². The van der Waals surface area contributed by atoms with Crippen LogP contribution in [0.3, 0.4) is 0 Å². The second kappa shape index (κ2) is 4.85. The summed E-state index contributed by atoms with van der Waals surface area (Å²) >= 11 is 8.30. The van der Waals surface area contributed by atoms with Crippen molar-refractivity contribution in [3.8, 4) is 0 Å². The number of carbonyl (C=O) groups excluding carboxylic acids is 1. The highest BCUT2D eigenvalue weighted by molar-refractivity contribution is 8.27. The first-order valence-corrected chi connectivity index (χ1v) is 7.96. The zero-order chi connectivity index (χ0) is 13.6. The quantitative estimate of drug-likeness (QED) is 0.585. The molecule has 19 heavy (non-hydrogen) atoms. The van der Waals surface area contributed by atoms with Gasteiger partial charge >= 0.3 is 0 Å². The third kappa shape index (κ3) is 1.98. The van der Waals surface area contributed by atoms with Gasteiger partial charge < -0.3 is 4.90 Å². The molecule has 0 unspecified atom stereocenters. The second-order valence-electron chi connectivity index (χ2n) is 4.18. The number of hydrogen-bond donors (Lipinski definition) is 0. The minimum absolute atomic E-state index is 0.0275. The van der Waals surface area contributed by atoms with Gasteiger partial charge in [-0.1, -0.05) is 47.9 Å². The van der Waals surface area contributed by atoms with Crippen LogP contribution < -0.4 is 4.90 Å². The summed E-state index contributed by atoms with van der Waals surface area (Å²) in [6, 6.07) is 8.16.